The number of thioether (sulfide) groups is 1. The molecule has 3 aromatic carbocycles. The van der Waals surface area contributed by atoms with Gasteiger partial charge in [-0.2, -0.15) is 0 Å². The Morgan fingerprint density at radius 2 is 1.74 bits per heavy atom. The number of benzene rings is 3. The number of nitrogens with zero attached hydrogens (tertiary/aromatic N) is 2. The van der Waals surface area contributed by atoms with Gasteiger partial charge < -0.3 is 4.42 Å². The van der Waals surface area contributed by atoms with Crippen LogP contribution in [0.3, 0.4) is 0 Å². The molecule has 176 valence electrons. The first-order valence-electron chi connectivity index (χ1n) is 11.3. The fourth-order valence-electron chi connectivity index (χ4n) is 4.33. The zero-order valence-corrected chi connectivity index (χ0v) is 20.4. The summed E-state index contributed by atoms with van der Waals surface area (Å²) in [5, 5.41) is 1.59. The van der Waals surface area contributed by atoms with E-state index in [1.165, 1.54) is 34.0 Å². The van der Waals surface area contributed by atoms with Crippen molar-refractivity contribution in [2.75, 3.05) is 0 Å². The smallest absolute Gasteiger partial charge is 0.336 e. The maximum atomic E-state index is 14.8. The van der Waals surface area contributed by atoms with Crippen LogP contribution in [0.25, 0.3) is 27.6 Å². The van der Waals surface area contributed by atoms with E-state index in [0.29, 0.717) is 33.3 Å². The first kappa shape index (κ1) is 23.1. The molecular weight excluding hydrogens is 463 g/mol. The van der Waals surface area contributed by atoms with E-state index in [1.807, 2.05) is 19.1 Å². The quantitative estimate of drug-likeness (QED) is 0.164. The van der Waals surface area contributed by atoms with Gasteiger partial charge >= 0.3 is 5.63 Å². The molecule has 35 heavy (non-hydrogen) atoms. The molecule has 0 spiro atoms. The standard InChI is InChI=1S/C28H23FN2O3S/c1-16(2)20-14-21-18(13-26(32)34-25(21)12-17(20)3)15-35-28-30-23-10-6-4-8-19(23)27(33)31(28)24-11-7-5-9-22(24)29/h4-14,16H,15H2,1-3H3. The second-order valence-corrected chi connectivity index (χ2v) is 9.69. The van der Waals surface area contributed by atoms with Crippen LogP contribution in [-0.4, -0.2) is 9.55 Å². The van der Waals surface area contributed by atoms with Crippen molar-refractivity contribution in [1.29, 1.82) is 0 Å². The highest BCUT2D eigenvalue weighted by atomic mass is 32.2. The van der Waals surface area contributed by atoms with Gasteiger partial charge in [0.1, 0.15) is 11.4 Å². The largest absolute Gasteiger partial charge is 0.423 e. The molecule has 7 heteroatoms. The third-order valence-electron chi connectivity index (χ3n) is 6.03. The molecule has 0 saturated heterocycles. The Hall–Kier alpha value is -3.71. The fourth-order valence-corrected chi connectivity index (χ4v) is 5.33. The molecule has 0 aliphatic carbocycles. The van der Waals surface area contributed by atoms with Crippen molar-refractivity contribution in [3.63, 3.8) is 0 Å². The molecule has 0 fully saturated rings. The molecule has 5 rings (SSSR count). The Labute approximate surface area is 205 Å². The minimum atomic E-state index is -0.517. The molecule has 0 bridgehead atoms. The summed E-state index contributed by atoms with van der Waals surface area (Å²) in [6.45, 7) is 6.24. The highest BCUT2D eigenvalue weighted by molar-refractivity contribution is 7.98. The van der Waals surface area contributed by atoms with E-state index < -0.39 is 11.4 Å². The highest BCUT2D eigenvalue weighted by Gasteiger charge is 2.17. The molecule has 0 amide bonds. The molecule has 0 aliphatic heterocycles. The van der Waals surface area contributed by atoms with Gasteiger partial charge in [-0.1, -0.05) is 49.9 Å². The fraction of sp³-hybridized carbons (Fsp3) is 0.179. The summed E-state index contributed by atoms with van der Waals surface area (Å²) in [4.78, 5) is 30.4. The lowest BCUT2D eigenvalue weighted by molar-refractivity contribution is 0.559. The zero-order valence-electron chi connectivity index (χ0n) is 19.5. The Bertz CT molecular complexity index is 1710. The van der Waals surface area contributed by atoms with Crippen LogP contribution in [0.4, 0.5) is 4.39 Å². The van der Waals surface area contributed by atoms with Crippen molar-refractivity contribution in [3.8, 4) is 5.69 Å². The first-order valence-corrected chi connectivity index (χ1v) is 12.3. The van der Waals surface area contributed by atoms with Gasteiger partial charge in [0, 0.05) is 17.2 Å². The van der Waals surface area contributed by atoms with Crippen LogP contribution >= 0.6 is 11.8 Å². The zero-order chi connectivity index (χ0) is 24.7. The van der Waals surface area contributed by atoms with Crippen LogP contribution in [0.5, 0.6) is 0 Å². The summed E-state index contributed by atoms with van der Waals surface area (Å²) in [5.41, 5.74) is 3.39. The minimum Gasteiger partial charge on any atom is -0.423 e. The van der Waals surface area contributed by atoms with Gasteiger partial charge in [0.05, 0.1) is 16.6 Å². The lowest BCUT2D eigenvalue weighted by atomic mass is 9.95. The Morgan fingerprint density at radius 3 is 2.51 bits per heavy atom. The van der Waals surface area contributed by atoms with Crippen molar-refractivity contribution in [3.05, 3.63) is 110 Å². The average molecular weight is 487 g/mol. The summed E-state index contributed by atoms with van der Waals surface area (Å²) < 4.78 is 21.5. The summed E-state index contributed by atoms with van der Waals surface area (Å²) in [5.74, 6) is 0.138. The van der Waals surface area contributed by atoms with Crippen LogP contribution in [0, 0.1) is 12.7 Å². The normalized spacial score (nSPS) is 11.6. The molecule has 0 unspecified atom stereocenters. The lowest BCUT2D eigenvalue weighted by Gasteiger charge is -2.15. The van der Waals surface area contributed by atoms with Crippen molar-refractivity contribution < 1.29 is 8.81 Å². The van der Waals surface area contributed by atoms with Crippen molar-refractivity contribution >= 4 is 33.6 Å². The lowest BCUT2D eigenvalue weighted by Crippen LogP contribution is -2.22. The molecule has 0 N–H and O–H groups in total. The topological polar surface area (TPSA) is 65.1 Å². The van der Waals surface area contributed by atoms with Gasteiger partial charge in [0.25, 0.3) is 5.56 Å². The molecule has 5 nitrogen and oxygen atoms in total. The predicted molar refractivity (Wildman–Crippen MR) is 138 cm³/mol. The summed E-state index contributed by atoms with van der Waals surface area (Å²) in [6, 6.07) is 18.6. The first-order chi connectivity index (χ1) is 16.8. The van der Waals surface area contributed by atoms with E-state index in [2.05, 4.69) is 24.9 Å². The van der Waals surface area contributed by atoms with Crippen LogP contribution < -0.4 is 11.2 Å². The van der Waals surface area contributed by atoms with E-state index in [0.717, 1.165) is 16.5 Å². The van der Waals surface area contributed by atoms with Crippen molar-refractivity contribution in [2.45, 2.75) is 37.6 Å². The van der Waals surface area contributed by atoms with E-state index in [9.17, 15) is 14.0 Å². The molecule has 0 aliphatic rings. The maximum absolute atomic E-state index is 14.8. The Kier molecular flexibility index (Phi) is 6.03. The molecule has 0 radical (unpaired) electrons. The van der Waals surface area contributed by atoms with Gasteiger partial charge in [-0.05, 0) is 65.9 Å². The van der Waals surface area contributed by atoms with Crippen molar-refractivity contribution in [2.24, 2.45) is 0 Å². The van der Waals surface area contributed by atoms with Crippen LogP contribution in [0.15, 0.2) is 85.9 Å². The van der Waals surface area contributed by atoms with E-state index in [4.69, 9.17) is 4.42 Å². The maximum Gasteiger partial charge on any atom is 0.336 e. The summed E-state index contributed by atoms with van der Waals surface area (Å²) in [7, 11) is 0. The molecule has 0 atom stereocenters. The van der Waals surface area contributed by atoms with Gasteiger partial charge in [-0.3, -0.25) is 9.36 Å². The molecule has 0 saturated carbocycles. The summed E-state index contributed by atoms with van der Waals surface area (Å²) >= 11 is 1.28. The number of hydrogen-bond acceptors (Lipinski definition) is 5. The number of fused-ring (bicyclic) bond motifs is 2. The van der Waals surface area contributed by atoms with E-state index in [1.54, 1.807) is 36.4 Å². The van der Waals surface area contributed by atoms with E-state index >= 15 is 0 Å². The number of para-hydroxylation sites is 2. The van der Waals surface area contributed by atoms with Gasteiger partial charge in [0.15, 0.2) is 5.16 Å². The summed E-state index contributed by atoms with van der Waals surface area (Å²) in [6.07, 6.45) is 0. The van der Waals surface area contributed by atoms with E-state index in [-0.39, 0.29) is 11.2 Å². The van der Waals surface area contributed by atoms with Gasteiger partial charge in [-0.25, -0.2) is 14.2 Å². The molecule has 5 aromatic rings. The minimum absolute atomic E-state index is 0.133. The average Bonchev–Trinajstić information content (AvgIpc) is 2.82. The number of rotatable bonds is 5. The molecular formula is C28H23FN2O3S. The predicted octanol–water partition coefficient (Wildman–Crippen LogP) is 6.36. The number of hydrogen-bond donors (Lipinski definition) is 0. The molecule has 2 heterocycles. The Morgan fingerprint density at radius 1 is 1.00 bits per heavy atom. The monoisotopic (exact) mass is 486 g/mol. The van der Waals surface area contributed by atoms with Crippen LogP contribution in [0.2, 0.25) is 0 Å². The van der Waals surface area contributed by atoms with Crippen molar-refractivity contribution in [1.82, 2.24) is 9.55 Å². The highest BCUT2D eigenvalue weighted by Crippen LogP contribution is 2.31. The number of aromatic nitrogens is 2. The van der Waals surface area contributed by atoms with Crippen LogP contribution in [0.1, 0.15) is 36.5 Å². The van der Waals surface area contributed by atoms with Gasteiger partial charge in [-0.15, -0.1) is 0 Å². The Balaban J connectivity index is 1.66. The van der Waals surface area contributed by atoms with Crippen LogP contribution in [-0.2, 0) is 5.75 Å². The third kappa shape index (κ3) is 4.28. The molecule has 2 aromatic heterocycles. The number of aryl methyl sites for hydroxylation is 1. The second-order valence-electron chi connectivity index (χ2n) is 8.74. The number of halogens is 1. The second kappa shape index (κ2) is 9.15. The van der Waals surface area contributed by atoms with Gasteiger partial charge in [0.2, 0.25) is 0 Å². The third-order valence-corrected chi connectivity index (χ3v) is 7.02. The SMILES string of the molecule is Cc1cc2oc(=O)cc(CSc3nc4ccccc4c(=O)n3-c3ccccc3F)c2cc1C(C)C.